The van der Waals surface area contributed by atoms with Crippen LogP contribution in [-0.4, -0.2) is 40.6 Å². The van der Waals surface area contributed by atoms with Crippen molar-refractivity contribution in [1.29, 1.82) is 0 Å². The van der Waals surface area contributed by atoms with Gasteiger partial charge in [-0.1, -0.05) is 0 Å². The SMILES string of the molecule is CC(=O)NCCCCNS(=O)(=O)c1ccc2c(c1)OCCO2. The fourth-order valence-corrected chi connectivity index (χ4v) is 3.08. The number of sulfonamides is 1. The van der Waals surface area contributed by atoms with E-state index < -0.39 is 10.0 Å². The first-order chi connectivity index (χ1) is 10.5. The number of rotatable bonds is 7. The van der Waals surface area contributed by atoms with Crippen molar-refractivity contribution < 1.29 is 22.7 Å². The van der Waals surface area contributed by atoms with Crippen molar-refractivity contribution in [3.8, 4) is 11.5 Å². The summed E-state index contributed by atoms with van der Waals surface area (Å²) in [6.07, 6.45) is 1.35. The van der Waals surface area contributed by atoms with Crippen LogP contribution in [0, 0.1) is 0 Å². The van der Waals surface area contributed by atoms with Crippen molar-refractivity contribution >= 4 is 15.9 Å². The van der Waals surface area contributed by atoms with Crippen LogP contribution in [0.4, 0.5) is 0 Å². The molecule has 0 unspecified atom stereocenters. The molecule has 0 bridgehead atoms. The second kappa shape index (κ2) is 7.46. The van der Waals surface area contributed by atoms with Gasteiger partial charge in [-0.25, -0.2) is 13.1 Å². The number of fused-ring (bicyclic) bond motifs is 1. The zero-order valence-corrected chi connectivity index (χ0v) is 13.2. The van der Waals surface area contributed by atoms with Crippen LogP contribution in [-0.2, 0) is 14.8 Å². The van der Waals surface area contributed by atoms with Gasteiger partial charge in [0, 0.05) is 26.1 Å². The number of carbonyl (C=O) groups is 1. The molecule has 1 aromatic carbocycles. The van der Waals surface area contributed by atoms with Crippen LogP contribution in [0.2, 0.25) is 0 Å². The normalized spacial score (nSPS) is 13.7. The van der Waals surface area contributed by atoms with Gasteiger partial charge < -0.3 is 14.8 Å². The molecule has 22 heavy (non-hydrogen) atoms. The van der Waals surface area contributed by atoms with Crippen LogP contribution in [0.25, 0.3) is 0 Å². The molecule has 0 saturated carbocycles. The Hall–Kier alpha value is -1.80. The lowest BCUT2D eigenvalue weighted by atomic mass is 10.3. The molecule has 0 atom stereocenters. The summed E-state index contributed by atoms with van der Waals surface area (Å²) in [6, 6.07) is 4.56. The number of benzene rings is 1. The van der Waals surface area contributed by atoms with Crippen LogP contribution in [0.5, 0.6) is 11.5 Å². The highest BCUT2D eigenvalue weighted by atomic mass is 32.2. The molecule has 1 aliphatic rings. The Balaban J connectivity index is 1.86. The molecule has 1 amide bonds. The predicted octanol–water partition coefficient (Wildman–Crippen LogP) is 0.652. The smallest absolute Gasteiger partial charge is 0.240 e. The van der Waals surface area contributed by atoms with E-state index >= 15 is 0 Å². The summed E-state index contributed by atoms with van der Waals surface area (Å²) >= 11 is 0. The number of amides is 1. The van der Waals surface area contributed by atoms with E-state index in [1.165, 1.54) is 19.1 Å². The van der Waals surface area contributed by atoms with E-state index in [-0.39, 0.29) is 10.8 Å². The highest BCUT2D eigenvalue weighted by Crippen LogP contribution is 2.32. The fourth-order valence-electron chi connectivity index (χ4n) is 2.00. The molecule has 0 fully saturated rings. The quantitative estimate of drug-likeness (QED) is 0.717. The average Bonchev–Trinajstić information content (AvgIpc) is 2.50. The fraction of sp³-hybridized carbons (Fsp3) is 0.500. The molecule has 2 N–H and O–H groups in total. The Morgan fingerprint density at radius 2 is 1.82 bits per heavy atom. The number of unbranched alkanes of at least 4 members (excludes halogenated alkanes) is 1. The molecule has 2 rings (SSSR count). The second-order valence-corrected chi connectivity index (χ2v) is 6.66. The summed E-state index contributed by atoms with van der Waals surface area (Å²) < 4.78 is 37.6. The molecule has 0 aliphatic carbocycles. The summed E-state index contributed by atoms with van der Waals surface area (Å²) in [5.41, 5.74) is 0. The van der Waals surface area contributed by atoms with Crippen molar-refractivity contribution in [2.24, 2.45) is 0 Å². The molecular formula is C14H20N2O5S. The summed E-state index contributed by atoms with van der Waals surface area (Å²) in [7, 11) is -3.57. The van der Waals surface area contributed by atoms with Crippen LogP contribution in [0.3, 0.4) is 0 Å². The molecule has 0 radical (unpaired) electrons. The molecule has 122 valence electrons. The highest BCUT2D eigenvalue weighted by molar-refractivity contribution is 7.89. The van der Waals surface area contributed by atoms with Gasteiger partial charge in [-0.3, -0.25) is 4.79 Å². The van der Waals surface area contributed by atoms with E-state index in [1.54, 1.807) is 6.07 Å². The molecular weight excluding hydrogens is 308 g/mol. The maximum Gasteiger partial charge on any atom is 0.240 e. The Morgan fingerprint density at radius 1 is 1.14 bits per heavy atom. The van der Waals surface area contributed by atoms with Crippen molar-refractivity contribution in [2.45, 2.75) is 24.7 Å². The lowest BCUT2D eigenvalue weighted by molar-refractivity contribution is -0.118. The number of carbonyl (C=O) groups excluding carboxylic acids is 1. The zero-order chi connectivity index (χ0) is 16.0. The van der Waals surface area contributed by atoms with Gasteiger partial charge in [-0.05, 0) is 25.0 Å². The summed E-state index contributed by atoms with van der Waals surface area (Å²) in [5.74, 6) is 0.914. The second-order valence-electron chi connectivity index (χ2n) is 4.89. The summed E-state index contributed by atoms with van der Waals surface area (Å²) in [6.45, 7) is 3.18. The Morgan fingerprint density at radius 3 is 2.55 bits per heavy atom. The number of nitrogens with one attached hydrogen (secondary N) is 2. The molecule has 0 saturated heterocycles. The van der Waals surface area contributed by atoms with Gasteiger partial charge in [-0.2, -0.15) is 0 Å². The monoisotopic (exact) mass is 328 g/mol. The van der Waals surface area contributed by atoms with Crippen LogP contribution in [0.15, 0.2) is 23.1 Å². The van der Waals surface area contributed by atoms with E-state index in [1.807, 2.05) is 0 Å². The van der Waals surface area contributed by atoms with Crippen molar-refractivity contribution in [3.63, 3.8) is 0 Å². The Kier molecular flexibility index (Phi) is 5.62. The molecule has 1 heterocycles. The van der Waals surface area contributed by atoms with Crippen LogP contribution < -0.4 is 19.5 Å². The van der Waals surface area contributed by atoms with E-state index in [0.29, 0.717) is 50.6 Å². The Labute approximate surface area is 130 Å². The van der Waals surface area contributed by atoms with E-state index in [2.05, 4.69) is 10.0 Å². The van der Waals surface area contributed by atoms with E-state index in [0.717, 1.165) is 0 Å². The van der Waals surface area contributed by atoms with Gasteiger partial charge in [0.05, 0.1) is 4.90 Å². The third-order valence-electron chi connectivity index (χ3n) is 3.09. The summed E-state index contributed by atoms with van der Waals surface area (Å²) in [4.78, 5) is 10.8. The van der Waals surface area contributed by atoms with Crippen molar-refractivity contribution in [2.75, 3.05) is 26.3 Å². The molecule has 8 heteroatoms. The molecule has 1 aromatic rings. The van der Waals surface area contributed by atoms with E-state index in [4.69, 9.17) is 9.47 Å². The number of hydrogen-bond donors (Lipinski definition) is 2. The van der Waals surface area contributed by atoms with Gasteiger partial charge in [0.1, 0.15) is 13.2 Å². The van der Waals surface area contributed by atoms with Gasteiger partial charge in [-0.15, -0.1) is 0 Å². The lowest BCUT2D eigenvalue weighted by Gasteiger charge is -2.18. The Bertz CT molecular complexity index is 630. The number of hydrogen-bond acceptors (Lipinski definition) is 5. The highest BCUT2D eigenvalue weighted by Gasteiger charge is 2.18. The summed E-state index contributed by atoms with van der Waals surface area (Å²) in [5, 5.41) is 2.66. The van der Waals surface area contributed by atoms with Gasteiger partial charge in [0.15, 0.2) is 11.5 Å². The van der Waals surface area contributed by atoms with Crippen LogP contribution in [0.1, 0.15) is 19.8 Å². The van der Waals surface area contributed by atoms with Gasteiger partial charge >= 0.3 is 0 Å². The minimum Gasteiger partial charge on any atom is -0.486 e. The van der Waals surface area contributed by atoms with Crippen LogP contribution >= 0.6 is 0 Å². The predicted molar refractivity (Wildman–Crippen MR) is 80.5 cm³/mol. The lowest BCUT2D eigenvalue weighted by Crippen LogP contribution is -2.26. The average molecular weight is 328 g/mol. The maximum atomic E-state index is 12.2. The molecule has 0 spiro atoms. The number of ether oxygens (including phenoxy) is 2. The van der Waals surface area contributed by atoms with Crippen molar-refractivity contribution in [1.82, 2.24) is 10.0 Å². The molecule has 7 nitrogen and oxygen atoms in total. The topological polar surface area (TPSA) is 93.7 Å². The standard InChI is InChI=1S/C14H20N2O5S/c1-11(17)15-6-2-3-7-16-22(18,19)12-4-5-13-14(10-12)21-9-8-20-13/h4-5,10,16H,2-3,6-9H2,1H3,(H,15,17). The first kappa shape index (κ1) is 16.6. The maximum absolute atomic E-state index is 12.2. The first-order valence-electron chi connectivity index (χ1n) is 7.13. The third kappa shape index (κ3) is 4.60. The third-order valence-corrected chi connectivity index (χ3v) is 4.55. The van der Waals surface area contributed by atoms with Gasteiger partial charge in [0.2, 0.25) is 15.9 Å². The minimum absolute atomic E-state index is 0.0862. The zero-order valence-electron chi connectivity index (χ0n) is 12.4. The molecule has 1 aliphatic heterocycles. The first-order valence-corrected chi connectivity index (χ1v) is 8.61. The molecule has 0 aromatic heterocycles. The largest absolute Gasteiger partial charge is 0.486 e. The van der Waals surface area contributed by atoms with Crippen molar-refractivity contribution in [3.05, 3.63) is 18.2 Å². The van der Waals surface area contributed by atoms with E-state index in [9.17, 15) is 13.2 Å². The minimum atomic E-state index is -3.57. The van der Waals surface area contributed by atoms with Gasteiger partial charge in [0.25, 0.3) is 0 Å².